The third-order valence-corrected chi connectivity index (χ3v) is 4.67. The third kappa shape index (κ3) is 5.15. The first-order valence-corrected chi connectivity index (χ1v) is 8.93. The Kier molecular flexibility index (Phi) is 5.03. The number of aryl methyl sites for hydroxylation is 1. The molecule has 0 bridgehead atoms. The number of anilines is 1. The van der Waals surface area contributed by atoms with Crippen molar-refractivity contribution in [3.63, 3.8) is 0 Å². The van der Waals surface area contributed by atoms with Gasteiger partial charge in [-0.2, -0.15) is 0 Å². The molecule has 3 N–H and O–H groups in total. The van der Waals surface area contributed by atoms with Gasteiger partial charge in [0.1, 0.15) is 0 Å². The molecule has 0 aliphatic carbocycles. The molecule has 0 aliphatic rings. The lowest BCUT2D eigenvalue weighted by Crippen LogP contribution is -2.14. The van der Waals surface area contributed by atoms with E-state index in [2.05, 4.69) is 40.3 Å². The molecule has 0 radical (unpaired) electrons. The van der Waals surface area contributed by atoms with Crippen molar-refractivity contribution in [1.82, 2.24) is 0 Å². The van der Waals surface area contributed by atoms with Gasteiger partial charge in [-0.05, 0) is 41.8 Å². The first-order chi connectivity index (χ1) is 9.83. The van der Waals surface area contributed by atoms with Crippen LogP contribution in [0, 0.1) is 6.92 Å². The Morgan fingerprint density at radius 1 is 1.10 bits per heavy atom. The van der Waals surface area contributed by atoms with Gasteiger partial charge in [-0.15, -0.1) is 0 Å². The number of hydrogen-bond acceptors (Lipinski definition) is 3. The summed E-state index contributed by atoms with van der Waals surface area (Å²) in [6, 6.07) is 13.4. The summed E-state index contributed by atoms with van der Waals surface area (Å²) in [5.41, 5.74) is 4.00. The average Bonchev–Trinajstić information content (AvgIpc) is 2.40. The smallest absolute Gasteiger partial charge is 0.213 e. The summed E-state index contributed by atoms with van der Waals surface area (Å²) in [6.45, 7) is 2.76. The van der Waals surface area contributed by atoms with Gasteiger partial charge < -0.3 is 5.32 Å². The zero-order valence-electron chi connectivity index (χ0n) is 11.6. The van der Waals surface area contributed by atoms with Crippen molar-refractivity contribution in [3.05, 3.63) is 63.6 Å². The standard InChI is InChI=1S/C15H17BrN2O2S/c1-11-8-13(4-7-15(11)16)9-18-14-5-2-12(3-6-14)10-21(17,19)20/h2-8,18H,9-10H2,1H3,(H2,17,19,20). The molecule has 2 aromatic carbocycles. The monoisotopic (exact) mass is 368 g/mol. The minimum absolute atomic E-state index is 0.140. The summed E-state index contributed by atoms with van der Waals surface area (Å²) in [5.74, 6) is -0.140. The summed E-state index contributed by atoms with van der Waals surface area (Å²) in [7, 11) is -3.48. The van der Waals surface area contributed by atoms with Gasteiger partial charge in [0.25, 0.3) is 0 Å². The van der Waals surface area contributed by atoms with E-state index in [1.165, 1.54) is 11.1 Å². The summed E-state index contributed by atoms with van der Waals surface area (Å²) in [4.78, 5) is 0. The van der Waals surface area contributed by atoms with E-state index >= 15 is 0 Å². The predicted molar refractivity (Wildman–Crippen MR) is 89.5 cm³/mol. The molecule has 4 nitrogen and oxygen atoms in total. The topological polar surface area (TPSA) is 72.2 Å². The van der Waals surface area contributed by atoms with E-state index in [0.717, 1.165) is 10.2 Å². The van der Waals surface area contributed by atoms with Crippen LogP contribution in [-0.4, -0.2) is 8.42 Å². The molecule has 0 saturated heterocycles. The minimum atomic E-state index is -3.48. The molecule has 2 aromatic rings. The quantitative estimate of drug-likeness (QED) is 0.851. The molecule has 0 fully saturated rings. The van der Waals surface area contributed by atoms with Crippen LogP contribution in [0.1, 0.15) is 16.7 Å². The van der Waals surface area contributed by atoms with Crippen LogP contribution in [0.4, 0.5) is 5.69 Å². The highest BCUT2D eigenvalue weighted by Crippen LogP contribution is 2.18. The fourth-order valence-electron chi connectivity index (χ4n) is 1.97. The Morgan fingerprint density at radius 2 is 1.71 bits per heavy atom. The van der Waals surface area contributed by atoms with E-state index in [1.807, 2.05) is 18.2 Å². The van der Waals surface area contributed by atoms with Crippen LogP contribution in [0.15, 0.2) is 46.9 Å². The van der Waals surface area contributed by atoms with Gasteiger partial charge in [0.05, 0.1) is 5.75 Å². The van der Waals surface area contributed by atoms with E-state index in [4.69, 9.17) is 5.14 Å². The molecule has 0 heterocycles. The number of sulfonamides is 1. The SMILES string of the molecule is Cc1cc(CNc2ccc(CS(N)(=O)=O)cc2)ccc1Br. The Hall–Kier alpha value is -1.37. The fraction of sp³-hybridized carbons (Fsp3) is 0.200. The number of nitrogens with one attached hydrogen (secondary N) is 1. The zero-order valence-corrected chi connectivity index (χ0v) is 14.0. The van der Waals surface area contributed by atoms with Gasteiger partial charge in [0, 0.05) is 16.7 Å². The minimum Gasteiger partial charge on any atom is -0.381 e. The van der Waals surface area contributed by atoms with Gasteiger partial charge in [0.15, 0.2) is 0 Å². The van der Waals surface area contributed by atoms with Crippen LogP contribution in [-0.2, 0) is 22.3 Å². The largest absolute Gasteiger partial charge is 0.381 e. The third-order valence-electron chi connectivity index (χ3n) is 3.04. The second-order valence-electron chi connectivity index (χ2n) is 4.94. The number of rotatable bonds is 5. The number of halogens is 1. The number of primary sulfonamides is 1. The maximum absolute atomic E-state index is 11.0. The van der Waals surface area contributed by atoms with E-state index in [-0.39, 0.29) is 5.75 Å². The summed E-state index contributed by atoms with van der Waals surface area (Å²) in [6.07, 6.45) is 0. The molecule has 0 saturated carbocycles. The molecule has 21 heavy (non-hydrogen) atoms. The first-order valence-electron chi connectivity index (χ1n) is 6.42. The van der Waals surface area contributed by atoms with Crippen molar-refractivity contribution in [3.8, 4) is 0 Å². The molecule has 6 heteroatoms. The second-order valence-corrected chi connectivity index (χ2v) is 7.41. The lowest BCUT2D eigenvalue weighted by atomic mass is 10.1. The van der Waals surface area contributed by atoms with Gasteiger partial charge in [-0.25, -0.2) is 13.6 Å². The van der Waals surface area contributed by atoms with Gasteiger partial charge in [-0.3, -0.25) is 0 Å². The zero-order chi connectivity index (χ0) is 15.5. The van der Waals surface area contributed by atoms with E-state index < -0.39 is 10.0 Å². The van der Waals surface area contributed by atoms with Crippen LogP contribution >= 0.6 is 15.9 Å². The number of hydrogen-bond donors (Lipinski definition) is 2. The fourth-order valence-corrected chi connectivity index (χ4v) is 2.88. The molecule has 0 spiro atoms. The van der Waals surface area contributed by atoms with E-state index in [9.17, 15) is 8.42 Å². The second kappa shape index (κ2) is 6.60. The molecule has 2 rings (SSSR count). The van der Waals surface area contributed by atoms with Crippen LogP contribution in [0.25, 0.3) is 0 Å². The van der Waals surface area contributed by atoms with Crippen LogP contribution in [0.3, 0.4) is 0 Å². The van der Waals surface area contributed by atoms with Crippen LogP contribution in [0.2, 0.25) is 0 Å². The van der Waals surface area contributed by atoms with Crippen molar-refractivity contribution < 1.29 is 8.42 Å². The summed E-state index contributed by atoms with van der Waals surface area (Å²) < 4.78 is 23.1. The Bertz CT molecular complexity index is 728. The van der Waals surface area contributed by atoms with Crippen LogP contribution in [0.5, 0.6) is 0 Å². The van der Waals surface area contributed by atoms with Crippen molar-refractivity contribution in [2.45, 2.75) is 19.2 Å². The van der Waals surface area contributed by atoms with Crippen molar-refractivity contribution in [2.24, 2.45) is 5.14 Å². The number of benzene rings is 2. The maximum Gasteiger partial charge on any atom is 0.213 e. The Labute approximate surface area is 133 Å². The van der Waals surface area contributed by atoms with Crippen LogP contribution < -0.4 is 10.5 Å². The molecule has 0 aliphatic heterocycles. The highest BCUT2D eigenvalue weighted by Gasteiger charge is 2.04. The summed E-state index contributed by atoms with van der Waals surface area (Å²) in [5, 5.41) is 8.32. The van der Waals surface area contributed by atoms with Gasteiger partial charge in [-0.1, -0.05) is 40.2 Å². The van der Waals surface area contributed by atoms with E-state index in [1.54, 1.807) is 12.1 Å². The van der Waals surface area contributed by atoms with Crippen molar-refractivity contribution in [2.75, 3.05) is 5.32 Å². The van der Waals surface area contributed by atoms with Gasteiger partial charge in [0.2, 0.25) is 10.0 Å². The maximum atomic E-state index is 11.0. The van der Waals surface area contributed by atoms with Crippen molar-refractivity contribution >= 4 is 31.6 Å². The molecular formula is C15H17BrN2O2S. The highest BCUT2D eigenvalue weighted by molar-refractivity contribution is 9.10. The molecule has 0 amide bonds. The average molecular weight is 369 g/mol. The molecular weight excluding hydrogens is 352 g/mol. The predicted octanol–water partition coefficient (Wildman–Crippen LogP) is 3.16. The number of nitrogens with two attached hydrogens (primary N) is 1. The lowest BCUT2D eigenvalue weighted by Gasteiger charge is -2.09. The Balaban J connectivity index is 1.99. The Morgan fingerprint density at radius 3 is 2.29 bits per heavy atom. The van der Waals surface area contributed by atoms with Gasteiger partial charge >= 0.3 is 0 Å². The normalized spacial score (nSPS) is 11.4. The first kappa shape index (κ1) is 16.0. The highest BCUT2D eigenvalue weighted by atomic mass is 79.9. The molecule has 112 valence electrons. The van der Waals surface area contributed by atoms with E-state index in [0.29, 0.717) is 12.1 Å². The summed E-state index contributed by atoms with van der Waals surface area (Å²) >= 11 is 3.48. The molecule has 0 atom stereocenters. The molecule has 0 unspecified atom stereocenters. The molecule has 0 aromatic heterocycles. The lowest BCUT2D eigenvalue weighted by molar-refractivity contribution is 0.597. The van der Waals surface area contributed by atoms with Crippen molar-refractivity contribution in [1.29, 1.82) is 0 Å².